The molecule has 286 valence electrons. The van der Waals surface area contributed by atoms with Gasteiger partial charge >= 0.3 is 5.97 Å². The monoisotopic (exact) mass is 766 g/mol. The average molecular weight is 767 g/mol. The van der Waals surface area contributed by atoms with Gasteiger partial charge in [-0.05, 0) is 70.2 Å². The van der Waals surface area contributed by atoms with Crippen molar-refractivity contribution in [3.8, 4) is 23.6 Å². The van der Waals surface area contributed by atoms with Crippen molar-refractivity contribution in [1.82, 2.24) is 14.5 Å². The second-order valence-corrected chi connectivity index (χ2v) is 13.2. The van der Waals surface area contributed by atoms with E-state index in [2.05, 4.69) is 9.97 Å². The molecule has 0 unspecified atom stereocenters. The number of ether oxygens (including phenoxy) is 3. The number of H-pyrrole nitrogens is 2. The van der Waals surface area contributed by atoms with E-state index in [-0.39, 0.29) is 51.6 Å². The number of benzene rings is 4. The van der Waals surface area contributed by atoms with E-state index in [9.17, 15) is 27.2 Å². The molecular formula is C41H34F4N6O5. The Bertz CT molecular complexity index is 2860. The number of aromatic nitrogens is 3. The van der Waals surface area contributed by atoms with Crippen molar-refractivity contribution >= 4 is 61.2 Å². The summed E-state index contributed by atoms with van der Waals surface area (Å²) in [5, 5.41) is 19.8. The fourth-order valence-corrected chi connectivity index (χ4v) is 6.84. The molecule has 3 aromatic heterocycles. The molecule has 0 radical (unpaired) electrons. The lowest BCUT2D eigenvalue weighted by Gasteiger charge is -2.29. The molecule has 0 saturated heterocycles. The summed E-state index contributed by atoms with van der Waals surface area (Å²) in [6.07, 6.45) is 0. The van der Waals surface area contributed by atoms with Gasteiger partial charge in [-0.15, -0.1) is 0 Å². The number of hydrogen-bond acceptors (Lipinski definition) is 8. The Morgan fingerprint density at radius 1 is 0.750 bits per heavy atom. The number of nitriles is 2. The molecule has 4 aromatic carbocycles. The zero-order valence-electron chi connectivity index (χ0n) is 31.2. The molecule has 15 heteroatoms. The van der Waals surface area contributed by atoms with E-state index in [0.717, 1.165) is 0 Å². The Kier molecular flexibility index (Phi) is 10.4. The van der Waals surface area contributed by atoms with Gasteiger partial charge < -0.3 is 33.6 Å². The topological polar surface area (TPSA) is 149 Å². The molecule has 0 aliphatic heterocycles. The van der Waals surface area contributed by atoms with Gasteiger partial charge in [-0.2, -0.15) is 19.3 Å². The van der Waals surface area contributed by atoms with E-state index in [1.54, 1.807) is 54.8 Å². The minimum atomic E-state index is -1.14. The zero-order valence-corrected chi connectivity index (χ0v) is 31.2. The standard InChI is InChI=1S/C21H19F2N3O3.C20H15F2N3O2/c1-11(2)26(15-7-8-16(28-3)19(23)18(15)22)20-17(21(27)29-4)13-6-5-12(10-24)9-14(13)25-20;1-9(2)25-18-12(7-14(27-3)16(21)17(18)22)19(26)15-11-5-4-10(8-23)6-13(11)24-20(15)25/h5-9,11,25H,1-4H3;4-7,9,24H,1-3H3. The molecule has 0 atom stereocenters. The number of halogens is 4. The number of nitrogens with zero attached hydrogens (tertiary/aromatic N) is 4. The highest BCUT2D eigenvalue weighted by Crippen LogP contribution is 2.39. The number of fused-ring (bicyclic) bond motifs is 5. The Morgan fingerprint density at radius 3 is 1.89 bits per heavy atom. The van der Waals surface area contributed by atoms with Crippen LogP contribution in [0.5, 0.6) is 11.5 Å². The SMILES string of the molecule is COC(=O)c1c(N(c2ccc(OC)c(F)c2F)C(C)C)[nH]c2cc(C#N)ccc12.COc1cc2c(=O)c3c4ccc(C#N)cc4[nH]c3n(C(C)C)c2c(F)c1F. The van der Waals surface area contributed by atoms with E-state index >= 15 is 0 Å². The molecule has 3 heterocycles. The highest BCUT2D eigenvalue weighted by Gasteiger charge is 2.30. The minimum Gasteiger partial charge on any atom is -0.494 e. The number of nitrogens with one attached hydrogen (secondary N) is 2. The zero-order chi connectivity index (χ0) is 40.7. The van der Waals surface area contributed by atoms with Crippen LogP contribution in [0.2, 0.25) is 0 Å². The van der Waals surface area contributed by atoms with Crippen molar-refractivity contribution in [3.63, 3.8) is 0 Å². The summed E-state index contributed by atoms with van der Waals surface area (Å²) in [6.45, 7) is 7.18. The van der Waals surface area contributed by atoms with Gasteiger partial charge in [0, 0.05) is 33.9 Å². The molecule has 0 saturated carbocycles. The van der Waals surface area contributed by atoms with Crippen LogP contribution < -0.4 is 19.8 Å². The molecule has 0 bridgehead atoms. The second-order valence-electron chi connectivity index (χ2n) is 13.2. The summed E-state index contributed by atoms with van der Waals surface area (Å²) in [6, 6.07) is 17.1. The van der Waals surface area contributed by atoms with Crippen LogP contribution in [0.25, 0.3) is 43.7 Å². The van der Waals surface area contributed by atoms with E-state index < -0.39 is 34.7 Å². The molecule has 0 fully saturated rings. The normalized spacial score (nSPS) is 11.2. The third kappa shape index (κ3) is 6.26. The Labute approximate surface area is 316 Å². The van der Waals surface area contributed by atoms with Crippen molar-refractivity contribution < 1.29 is 36.6 Å². The van der Waals surface area contributed by atoms with E-state index in [0.29, 0.717) is 44.0 Å². The van der Waals surface area contributed by atoms with E-state index in [4.69, 9.17) is 24.7 Å². The van der Waals surface area contributed by atoms with Gasteiger partial charge in [-0.25, -0.2) is 13.6 Å². The third-order valence-corrected chi connectivity index (χ3v) is 9.31. The predicted octanol–water partition coefficient (Wildman–Crippen LogP) is 9.03. The molecule has 0 amide bonds. The van der Waals surface area contributed by atoms with Gasteiger partial charge in [0.1, 0.15) is 17.0 Å². The lowest BCUT2D eigenvalue weighted by Crippen LogP contribution is -2.28. The molecule has 11 nitrogen and oxygen atoms in total. The second kappa shape index (κ2) is 15.0. The number of rotatable bonds is 7. The summed E-state index contributed by atoms with van der Waals surface area (Å²) in [5.74, 6) is -5.45. The smallest absolute Gasteiger partial charge is 0.342 e. The van der Waals surface area contributed by atoms with Crippen molar-refractivity contribution in [2.45, 2.75) is 39.8 Å². The maximum absolute atomic E-state index is 14.9. The third-order valence-electron chi connectivity index (χ3n) is 9.31. The lowest BCUT2D eigenvalue weighted by atomic mass is 10.1. The van der Waals surface area contributed by atoms with Crippen LogP contribution in [0.1, 0.15) is 55.2 Å². The van der Waals surface area contributed by atoms with Crippen LogP contribution in [-0.2, 0) is 4.74 Å². The summed E-state index contributed by atoms with van der Waals surface area (Å²) in [7, 11) is 3.71. The first kappa shape index (κ1) is 38.7. The van der Waals surface area contributed by atoms with Crippen LogP contribution in [0.4, 0.5) is 29.1 Å². The van der Waals surface area contributed by atoms with Crippen LogP contribution in [0.3, 0.4) is 0 Å². The number of carbonyl (C=O) groups is 1. The summed E-state index contributed by atoms with van der Waals surface area (Å²) in [4.78, 5) is 33.4. The number of pyridine rings is 1. The quantitative estimate of drug-likeness (QED) is 0.121. The maximum Gasteiger partial charge on any atom is 0.342 e. The van der Waals surface area contributed by atoms with Gasteiger partial charge in [0.15, 0.2) is 28.6 Å². The average Bonchev–Trinajstić information content (AvgIpc) is 3.75. The van der Waals surface area contributed by atoms with E-state index in [1.165, 1.54) is 44.4 Å². The predicted molar refractivity (Wildman–Crippen MR) is 204 cm³/mol. The van der Waals surface area contributed by atoms with Crippen LogP contribution in [-0.4, -0.2) is 47.9 Å². The molecule has 2 N–H and O–H groups in total. The summed E-state index contributed by atoms with van der Waals surface area (Å²) >= 11 is 0. The van der Waals surface area contributed by atoms with Gasteiger partial charge in [0.2, 0.25) is 11.6 Å². The van der Waals surface area contributed by atoms with Gasteiger partial charge in [0.25, 0.3) is 0 Å². The van der Waals surface area contributed by atoms with Gasteiger partial charge in [0.05, 0.1) is 66.6 Å². The number of aromatic amines is 2. The summed E-state index contributed by atoms with van der Waals surface area (Å²) in [5.41, 5.74) is 1.83. The van der Waals surface area contributed by atoms with E-state index in [1.807, 2.05) is 26.0 Å². The molecule has 7 rings (SSSR count). The number of methoxy groups -OCH3 is 3. The number of hydrogen-bond donors (Lipinski definition) is 2. The molecule has 0 spiro atoms. The first-order chi connectivity index (χ1) is 26.7. The molecule has 7 aromatic rings. The number of anilines is 2. The fraction of sp³-hybridized carbons (Fsp3) is 0.220. The molecular weight excluding hydrogens is 732 g/mol. The fourth-order valence-electron chi connectivity index (χ4n) is 6.84. The highest BCUT2D eigenvalue weighted by atomic mass is 19.2. The largest absolute Gasteiger partial charge is 0.494 e. The Morgan fingerprint density at radius 2 is 1.34 bits per heavy atom. The maximum atomic E-state index is 14.9. The molecule has 0 aliphatic rings. The van der Waals surface area contributed by atoms with Crippen molar-refractivity contribution in [2.75, 3.05) is 26.2 Å². The summed E-state index contributed by atoms with van der Waals surface area (Å²) < 4.78 is 74.7. The Balaban J connectivity index is 0.000000190. The van der Waals surface area contributed by atoms with Crippen molar-refractivity contribution in [3.05, 3.63) is 105 Å². The first-order valence-electron chi connectivity index (χ1n) is 17.1. The molecule has 56 heavy (non-hydrogen) atoms. The van der Waals surface area contributed by atoms with Crippen LogP contribution in [0, 0.1) is 45.9 Å². The first-order valence-corrected chi connectivity index (χ1v) is 17.1. The Hall–Kier alpha value is -7.00. The highest BCUT2D eigenvalue weighted by molar-refractivity contribution is 6.11. The molecule has 0 aliphatic carbocycles. The lowest BCUT2D eigenvalue weighted by molar-refractivity contribution is 0.0603. The number of esters is 1. The number of carbonyl (C=O) groups excluding carboxylic acids is 1. The van der Waals surface area contributed by atoms with Crippen molar-refractivity contribution in [1.29, 1.82) is 10.5 Å². The van der Waals surface area contributed by atoms with Crippen LogP contribution >= 0.6 is 0 Å². The van der Waals surface area contributed by atoms with Gasteiger partial charge in [-0.1, -0.05) is 12.1 Å². The van der Waals surface area contributed by atoms with Crippen LogP contribution in [0.15, 0.2) is 59.4 Å². The van der Waals surface area contributed by atoms with Crippen molar-refractivity contribution in [2.24, 2.45) is 0 Å². The van der Waals surface area contributed by atoms with Gasteiger partial charge in [-0.3, -0.25) is 4.79 Å². The minimum absolute atomic E-state index is 0.0391.